The number of hydrogen-bond acceptors (Lipinski definition) is 4. The van der Waals surface area contributed by atoms with Crippen LogP contribution in [0.5, 0.6) is 0 Å². The quantitative estimate of drug-likeness (QED) is 0.828. The lowest BCUT2D eigenvalue weighted by atomic mass is 10.1. The third-order valence-corrected chi connectivity index (χ3v) is 4.71. The van der Waals surface area contributed by atoms with Gasteiger partial charge in [0, 0.05) is 27.2 Å². The molecule has 0 saturated heterocycles. The zero-order chi connectivity index (χ0) is 13.8. The van der Waals surface area contributed by atoms with Gasteiger partial charge < -0.3 is 10.5 Å². The van der Waals surface area contributed by atoms with Gasteiger partial charge in [-0.05, 0) is 30.2 Å². The summed E-state index contributed by atoms with van der Waals surface area (Å²) in [5, 5.41) is 0. The molecular formula is C12H20N2O3S. The molecule has 0 aliphatic rings. The van der Waals surface area contributed by atoms with E-state index in [2.05, 4.69) is 0 Å². The van der Waals surface area contributed by atoms with Crippen LogP contribution in [0.15, 0.2) is 23.1 Å². The summed E-state index contributed by atoms with van der Waals surface area (Å²) in [5.74, 6) is 0. The normalized spacial score (nSPS) is 12.1. The van der Waals surface area contributed by atoms with Gasteiger partial charge in [0.05, 0.1) is 11.5 Å². The summed E-state index contributed by atoms with van der Waals surface area (Å²) in [6, 6.07) is 5.01. The zero-order valence-electron chi connectivity index (χ0n) is 11.0. The number of sulfonamides is 1. The van der Waals surface area contributed by atoms with Gasteiger partial charge >= 0.3 is 0 Å². The van der Waals surface area contributed by atoms with Crippen molar-refractivity contribution in [1.29, 1.82) is 0 Å². The molecule has 102 valence electrons. The van der Waals surface area contributed by atoms with E-state index in [0.29, 0.717) is 19.7 Å². The lowest BCUT2D eigenvalue weighted by Gasteiger charge is -2.17. The molecule has 0 atom stereocenters. The van der Waals surface area contributed by atoms with Crippen molar-refractivity contribution < 1.29 is 13.2 Å². The molecule has 0 aromatic heterocycles. The van der Waals surface area contributed by atoms with E-state index in [1.165, 1.54) is 11.4 Å². The lowest BCUT2D eigenvalue weighted by molar-refractivity contribution is 0.185. The minimum absolute atomic E-state index is 0.271. The first-order valence-electron chi connectivity index (χ1n) is 5.68. The predicted octanol–water partition coefficient (Wildman–Crippen LogP) is 0.721. The monoisotopic (exact) mass is 272 g/mol. The zero-order valence-corrected chi connectivity index (χ0v) is 11.8. The molecule has 0 aliphatic carbocycles. The molecular weight excluding hydrogens is 252 g/mol. The van der Waals surface area contributed by atoms with E-state index in [1.54, 1.807) is 25.3 Å². The Morgan fingerprint density at radius 3 is 2.61 bits per heavy atom. The molecule has 0 amide bonds. The number of ether oxygens (including phenoxy) is 1. The van der Waals surface area contributed by atoms with Crippen molar-refractivity contribution in [3.05, 3.63) is 29.3 Å². The number of benzene rings is 1. The van der Waals surface area contributed by atoms with Gasteiger partial charge in [-0.25, -0.2) is 8.42 Å². The van der Waals surface area contributed by atoms with Crippen LogP contribution in [0, 0.1) is 6.92 Å². The van der Waals surface area contributed by atoms with E-state index in [0.717, 1.165) is 11.1 Å². The second-order valence-corrected chi connectivity index (χ2v) is 6.16. The average Bonchev–Trinajstić information content (AvgIpc) is 2.36. The Balaban J connectivity index is 3.05. The van der Waals surface area contributed by atoms with Gasteiger partial charge in [0.15, 0.2) is 0 Å². The van der Waals surface area contributed by atoms with Crippen LogP contribution < -0.4 is 5.73 Å². The van der Waals surface area contributed by atoms with Crippen LogP contribution >= 0.6 is 0 Å². The van der Waals surface area contributed by atoms with Crippen molar-refractivity contribution in [2.24, 2.45) is 5.73 Å². The van der Waals surface area contributed by atoms with Crippen LogP contribution in [-0.4, -0.2) is 40.0 Å². The van der Waals surface area contributed by atoms with Gasteiger partial charge in [0.2, 0.25) is 10.0 Å². The molecule has 0 spiro atoms. The van der Waals surface area contributed by atoms with Gasteiger partial charge in [0.25, 0.3) is 0 Å². The molecule has 0 unspecified atom stereocenters. The van der Waals surface area contributed by atoms with E-state index in [-0.39, 0.29) is 4.90 Å². The fourth-order valence-corrected chi connectivity index (χ4v) is 2.75. The van der Waals surface area contributed by atoms with Crippen LogP contribution in [0.4, 0.5) is 0 Å². The molecule has 0 fully saturated rings. The predicted molar refractivity (Wildman–Crippen MR) is 70.8 cm³/mol. The van der Waals surface area contributed by atoms with E-state index in [1.807, 2.05) is 6.92 Å². The maximum Gasteiger partial charge on any atom is 0.242 e. The maximum absolute atomic E-state index is 12.2. The summed E-state index contributed by atoms with van der Waals surface area (Å²) in [6.07, 6.45) is 0. The SMILES string of the molecule is COCCN(C)S(=O)(=O)c1ccc(C)c(CN)c1. The standard InChI is InChI=1S/C12H20N2O3S/c1-10-4-5-12(8-11(10)9-13)18(15,16)14(2)6-7-17-3/h4-5,8H,6-7,9,13H2,1-3H3. The van der Waals surface area contributed by atoms with Crippen LogP contribution in [0.3, 0.4) is 0 Å². The Labute approximate surface area is 109 Å². The summed E-state index contributed by atoms with van der Waals surface area (Å²) in [4.78, 5) is 0.271. The highest BCUT2D eigenvalue weighted by molar-refractivity contribution is 7.89. The van der Waals surface area contributed by atoms with E-state index in [9.17, 15) is 8.42 Å². The van der Waals surface area contributed by atoms with E-state index >= 15 is 0 Å². The van der Waals surface area contributed by atoms with Crippen LogP contribution in [0.1, 0.15) is 11.1 Å². The molecule has 0 bridgehead atoms. The summed E-state index contributed by atoms with van der Waals surface area (Å²) < 4.78 is 30.7. The molecule has 1 aromatic carbocycles. The molecule has 2 N–H and O–H groups in total. The molecule has 5 nitrogen and oxygen atoms in total. The van der Waals surface area contributed by atoms with Crippen molar-refractivity contribution in [2.45, 2.75) is 18.4 Å². The fraction of sp³-hybridized carbons (Fsp3) is 0.500. The lowest BCUT2D eigenvalue weighted by Crippen LogP contribution is -2.30. The number of rotatable bonds is 6. The minimum atomic E-state index is -3.46. The van der Waals surface area contributed by atoms with Gasteiger partial charge in [0.1, 0.15) is 0 Å². The highest BCUT2D eigenvalue weighted by Gasteiger charge is 2.20. The molecule has 0 saturated carbocycles. The second kappa shape index (κ2) is 6.29. The van der Waals surface area contributed by atoms with Crippen molar-refractivity contribution in [3.63, 3.8) is 0 Å². The summed E-state index contributed by atoms with van der Waals surface area (Å²) in [6.45, 7) is 2.93. The highest BCUT2D eigenvalue weighted by Crippen LogP contribution is 2.18. The fourth-order valence-electron chi connectivity index (χ4n) is 1.55. The molecule has 1 rings (SSSR count). The second-order valence-electron chi connectivity index (χ2n) is 4.11. The van der Waals surface area contributed by atoms with Crippen molar-refractivity contribution in [3.8, 4) is 0 Å². The van der Waals surface area contributed by atoms with Gasteiger partial charge in [-0.2, -0.15) is 4.31 Å². The number of nitrogens with zero attached hydrogens (tertiary/aromatic N) is 1. The molecule has 1 aromatic rings. The Hall–Kier alpha value is -0.950. The topological polar surface area (TPSA) is 72.6 Å². The van der Waals surface area contributed by atoms with Crippen molar-refractivity contribution in [2.75, 3.05) is 27.3 Å². The average molecular weight is 272 g/mol. The van der Waals surface area contributed by atoms with Crippen LogP contribution in [-0.2, 0) is 21.3 Å². The molecule has 0 heterocycles. The third-order valence-electron chi connectivity index (χ3n) is 2.86. The van der Waals surface area contributed by atoms with Crippen molar-refractivity contribution >= 4 is 10.0 Å². The highest BCUT2D eigenvalue weighted by atomic mass is 32.2. The van der Waals surface area contributed by atoms with Gasteiger partial charge in [-0.3, -0.25) is 0 Å². The molecule has 6 heteroatoms. The number of methoxy groups -OCH3 is 1. The number of hydrogen-bond donors (Lipinski definition) is 1. The van der Waals surface area contributed by atoms with Crippen LogP contribution in [0.2, 0.25) is 0 Å². The van der Waals surface area contributed by atoms with Crippen molar-refractivity contribution in [1.82, 2.24) is 4.31 Å². The van der Waals surface area contributed by atoms with Gasteiger partial charge in [-0.15, -0.1) is 0 Å². The Morgan fingerprint density at radius 1 is 1.39 bits per heavy atom. The van der Waals surface area contributed by atoms with Gasteiger partial charge in [-0.1, -0.05) is 6.07 Å². The summed E-state index contributed by atoms with van der Waals surface area (Å²) in [7, 11) is -0.384. The summed E-state index contributed by atoms with van der Waals surface area (Å²) >= 11 is 0. The first-order valence-corrected chi connectivity index (χ1v) is 7.12. The van der Waals surface area contributed by atoms with Crippen LogP contribution in [0.25, 0.3) is 0 Å². The largest absolute Gasteiger partial charge is 0.383 e. The molecule has 0 radical (unpaired) electrons. The van der Waals surface area contributed by atoms with E-state index in [4.69, 9.17) is 10.5 Å². The number of likely N-dealkylation sites (N-methyl/N-ethyl adjacent to an activating group) is 1. The van der Waals surface area contributed by atoms with E-state index < -0.39 is 10.0 Å². The first-order chi connectivity index (χ1) is 8.43. The Kier molecular flexibility index (Phi) is 5.28. The minimum Gasteiger partial charge on any atom is -0.383 e. The smallest absolute Gasteiger partial charge is 0.242 e. The Morgan fingerprint density at radius 2 is 2.06 bits per heavy atom. The molecule has 0 aliphatic heterocycles. The summed E-state index contributed by atoms with van der Waals surface area (Å²) in [5.41, 5.74) is 7.43. The maximum atomic E-state index is 12.2. The molecule has 18 heavy (non-hydrogen) atoms. The third kappa shape index (κ3) is 3.29. The first kappa shape index (κ1) is 15.1. The Bertz CT molecular complexity index is 500. The number of nitrogens with two attached hydrogens (primary N) is 1. The number of aryl methyl sites for hydroxylation is 1.